The maximum atomic E-state index is 11.5. The van der Waals surface area contributed by atoms with Gasteiger partial charge in [-0.3, -0.25) is 4.79 Å². The fourth-order valence-electron chi connectivity index (χ4n) is 1.51. The summed E-state index contributed by atoms with van der Waals surface area (Å²) in [6.45, 7) is 1.18. The maximum absolute atomic E-state index is 11.5. The zero-order chi connectivity index (χ0) is 10.8. The zero-order valence-electron chi connectivity index (χ0n) is 8.07. The van der Waals surface area contributed by atoms with Crippen LogP contribution in [-0.4, -0.2) is 25.7 Å². The van der Waals surface area contributed by atoms with Crippen molar-refractivity contribution in [3.05, 3.63) is 23.2 Å². The lowest BCUT2D eigenvalue weighted by Gasteiger charge is -2.27. The van der Waals surface area contributed by atoms with Gasteiger partial charge >= 0.3 is 0 Å². The van der Waals surface area contributed by atoms with Crippen LogP contribution in [0.15, 0.2) is 18.2 Å². The molecule has 1 aliphatic heterocycles. The number of carbonyl (C=O) groups excluding carboxylic acids is 1. The van der Waals surface area contributed by atoms with Gasteiger partial charge in [0.15, 0.2) is 0 Å². The van der Waals surface area contributed by atoms with E-state index in [-0.39, 0.29) is 12.5 Å². The maximum Gasteiger partial charge on any atom is 0.253 e. The number of nitrogens with two attached hydrogens (primary N) is 1. The molecule has 0 saturated carbocycles. The van der Waals surface area contributed by atoms with Crippen molar-refractivity contribution in [2.75, 3.05) is 30.4 Å². The van der Waals surface area contributed by atoms with Crippen LogP contribution >= 0.6 is 11.6 Å². The van der Waals surface area contributed by atoms with Crippen LogP contribution in [0.3, 0.4) is 0 Å². The van der Waals surface area contributed by atoms with E-state index in [1.807, 2.05) is 0 Å². The fraction of sp³-hybridized carbons (Fsp3) is 0.300. The van der Waals surface area contributed by atoms with Crippen molar-refractivity contribution in [1.29, 1.82) is 0 Å². The molecular formula is C10H11ClN2O2. The first kappa shape index (κ1) is 10.3. The van der Waals surface area contributed by atoms with Crippen molar-refractivity contribution in [2.24, 2.45) is 0 Å². The quantitative estimate of drug-likeness (QED) is 0.734. The van der Waals surface area contributed by atoms with Crippen molar-refractivity contribution in [3.63, 3.8) is 0 Å². The van der Waals surface area contributed by atoms with Crippen LogP contribution in [0.1, 0.15) is 0 Å². The number of ether oxygens (including phenoxy) is 1. The Kier molecular flexibility index (Phi) is 2.79. The average Bonchev–Trinajstić information content (AvgIpc) is 2.20. The first-order chi connectivity index (χ1) is 7.18. The molecule has 2 N–H and O–H groups in total. The molecule has 1 aromatic carbocycles. The third-order valence-electron chi connectivity index (χ3n) is 2.25. The number of hydrogen-bond acceptors (Lipinski definition) is 3. The summed E-state index contributed by atoms with van der Waals surface area (Å²) in [5.74, 6) is -0.0760. The summed E-state index contributed by atoms with van der Waals surface area (Å²) in [5.41, 5.74) is 6.86. The number of nitrogens with zero attached hydrogens (tertiary/aromatic N) is 1. The number of morpholine rings is 1. The average molecular weight is 227 g/mol. The van der Waals surface area contributed by atoms with Gasteiger partial charge in [0.2, 0.25) is 0 Å². The molecular weight excluding hydrogens is 216 g/mol. The van der Waals surface area contributed by atoms with Crippen LogP contribution in [0.4, 0.5) is 11.4 Å². The Bertz CT molecular complexity index is 395. The van der Waals surface area contributed by atoms with Gasteiger partial charge in [0.1, 0.15) is 6.61 Å². The monoisotopic (exact) mass is 226 g/mol. The summed E-state index contributed by atoms with van der Waals surface area (Å²) < 4.78 is 5.04. The number of carbonyl (C=O) groups is 1. The van der Waals surface area contributed by atoms with E-state index in [2.05, 4.69) is 0 Å². The Morgan fingerprint density at radius 1 is 1.47 bits per heavy atom. The highest BCUT2D eigenvalue weighted by atomic mass is 35.5. The minimum atomic E-state index is -0.0760. The Labute approximate surface area is 92.6 Å². The highest BCUT2D eigenvalue weighted by Crippen LogP contribution is 2.28. The first-order valence-corrected chi connectivity index (χ1v) is 4.99. The normalized spacial score (nSPS) is 16.9. The molecule has 0 aliphatic carbocycles. The first-order valence-electron chi connectivity index (χ1n) is 4.61. The Balaban J connectivity index is 2.31. The largest absolute Gasteiger partial charge is 0.399 e. The number of hydrogen-bond donors (Lipinski definition) is 1. The molecule has 15 heavy (non-hydrogen) atoms. The molecule has 1 aliphatic rings. The lowest BCUT2D eigenvalue weighted by Crippen LogP contribution is -2.41. The van der Waals surface area contributed by atoms with E-state index in [4.69, 9.17) is 22.1 Å². The van der Waals surface area contributed by atoms with Gasteiger partial charge in [-0.1, -0.05) is 11.6 Å². The van der Waals surface area contributed by atoms with E-state index >= 15 is 0 Å². The summed E-state index contributed by atoms with van der Waals surface area (Å²) in [7, 11) is 0. The molecule has 0 aromatic heterocycles. The number of amides is 1. The summed E-state index contributed by atoms with van der Waals surface area (Å²) in [5, 5.41) is 0.491. The molecule has 1 heterocycles. The molecule has 1 aromatic rings. The Hall–Kier alpha value is -1.26. The molecule has 4 nitrogen and oxygen atoms in total. The van der Waals surface area contributed by atoms with Crippen molar-refractivity contribution in [3.8, 4) is 0 Å². The highest BCUT2D eigenvalue weighted by Gasteiger charge is 2.21. The van der Waals surface area contributed by atoms with Gasteiger partial charge in [0, 0.05) is 12.2 Å². The van der Waals surface area contributed by atoms with Gasteiger partial charge in [-0.15, -0.1) is 0 Å². The van der Waals surface area contributed by atoms with Gasteiger partial charge in [-0.05, 0) is 18.2 Å². The van der Waals surface area contributed by atoms with Crippen LogP contribution in [-0.2, 0) is 9.53 Å². The molecule has 1 amide bonds. The summed E-state index contributed by atoms with van der Waals surface area (Å²) in [6, 6.07) is 5.12. The molecule has 0 bridgehead atoms. The summed E-state index contributed by atoms with van der Waals surface area (Å²) >= 11 is 6.01. The standard InChI is InChI=1S/C10H11ClN2O2/c11-8-5-7(12)1-2-9(8)13-3-4-15-6-10(13)14/h1-2,5H,3-4,6,12H2. The van der Waals surface area contributed by atoms with Crippen molar-refractivity contribution in [1.82, 2.24) is 0 Å². The molecule has 0 spiro atoms. The van der Waals surface area contributed by atoms with Crippen LogP contribution in [0.5, 0.6) is 0 Å². The van der Waals surface area contributed by atoms with Crippen LogP contribution in [0, 0.1) is 0 Å². The topological polar surface area (TPSA) is 55.6 Å². The minimum absolute atomic E-state index is 0.0760. The van der Waals surface area contributed by atoms with E-state index in [1.165, 1.54) is 0 Å². The fourth-order valence-corrected chi connectivity index (χ4v) is 1.81. The van der Waals surface area contributed by atoms with Crippen molar-refractivity contribution in [2.45, 2.75) is 0 Å². The smallest absolute Gasteiger partial charge is 0.253 e. The van der Waals surface area contributed by atoms with Gasteiger partial charge in [-0.25, -0.2) is 0 Å². The number of benzene rings is 1. The number of nitrogen functional groups attached to an aromatic ring is 1. The van der Waals surface area contributed by atoms with Crippen LogP contribution < -0.4 is 10.6 Å². The molecule has 0 atom stereocenters. The van der Waals surface area contributed by atoms with E-state index in [0.717, 1.165) is 0 Å². The van der Waals surface area contributed by atoms with Crippen LogP contribution in [0.25, 0.3) is 0 Å². The molecule has 0 radical (unpaired) electrons. The third kappa shape index (κ3) is 2.06. The predicted octanol–water partition coefficient (Wildman–Crippen LogP) is 1.29. The van der Waals surface area contributed by atoms with Crippen LogP contribution in [0.2, 0.25) is 5.02 Å². The third-order valence-corrected chi connectivity index (χ3v) is 2.55. The molecule has 2 rings (SSSR count). The number of halogens is 1. The summed E-state index contributed by atoms with van der Waals surface area (Å²) in [6.07, 6.45) is 0. The molecule has 80 valence electrons. The van der Waals surface area contributed by atoms with E-state index in [9.17, 15) is 4.79 Å². The molecule has 1 fully saturated rings. The number of anilines is 2. The van der Waals surface area contributed by atoms with Gasteiger partial charge < -0.3 is 15.4 Å². The SMILES string of the molecule is Nc1ccc(N2CCOCC2=O)c(Cl)c1. The Morgan fingerprint density at radius 3 is 2.93 bits per heavy atom. The molecule has 0 unspecified atom stereocenters. The lowest BCUT2D eigenvalue weighted by molar-refractivity contribution is -0.125. The van der Waals surface area contributed by atoms with Gasteiger partial charge in [0.25, 0.3) is 5.91 Å². The lowest BCUT2D eigenvalue weighted by atomic mass is 10.2. The molecule has 5 heteroatoms. The number of rotatable bonds is 1. The van der Waals surface area contributed by atoms with Crippen molar-refractivity contribution < 1.29 is 9.53 Å². The van der Waals surface area contributed by atoms with Gasteiger partial charge in [0.05, 0.1) is 17.3 Å². The Morgan fingerprint density at radius 2 is 2.27 bits per heavy atom. The van der Waals surface area contributed by atoms with E-state index < -0.39 is 0 Å². The van der Waals surface area contributed by atoms with E-state index in [0.29, 0.717) is 29.5 Å². The molecule has 1 saturated heterocycles. The van der Waals surface area contributed by atoms with Crippen molar-refractivity contribution >= 4 is 28.9 Å². The van der Waals surface area contributed by atoms with E-state index in [1.54, 1.807) is 23.1 Å². The second-order valence-electron chi connectivity index (χ2n) is 3.31. The van der Waals surface area contributed by atoms with Gasteiger partial charge in [-0.2, -0.15) is 0 Å². The second kappa shape index (κ2) is 4.08. The minimum Gasteiger partial charge on any atom is -0.399 e. The summed E-state index contributed by atoms with van der Waals surface area (Å²) in [4.78, 5) is 13.2. The predicted molar refractivity (Wildman–Crippen MR) is 59.0 cm³/mol. The zero-order valence-corrected chi connectivity index (χ0v) is 8.83. The second-order valence-corrected chi connectivity index (χ2v) is 3.72. The highest BCUT2D eigenvalue weighted by molar-refractivity contribution is 6.34.